The van der Waals surface area contributed by atoms with Crippen LogP contribution in [0.4, 0.5) is 20.2 Å². The summed E-state index contributed by atoms with van der Waals surface area (Å²) in [5.41, 5.74) is 3.39. The van der Waals surface area contributed by atoms with Gasteiger partial charge < -0.3 is 19.8 Å². The monoisotopic (exact) mass is 533 g/mol. The van der Waals surface area contributed by atoms with Crippen molar-refractivity contribution in [2.24, 2.45) is 0 Å². The number of carbonyl (C=O) groups is 3. The maximum absolute atomic E-state index is 14.5. The normalized spacial score (nSPS) is 15.8. The molecule has 0 atom stereocenters. The predicted octanol–water partition coefficient (Wildman–Crippen LogP) is 5.09. The van der Waals surface area contributed by atoms with Crippen molar-refractivity contribution in [2.45, 2.75) is 32.2 Å². The van der Waals surface area contributed by atoms with Crippen molar-refractivity contribution in [3.8, 4) is 11.1 Å². The smallest absolute Gasteiger partial charge is 0.305 e. The van der Waals surface area contributed by atoms with Crippen LogP contribution in [0.3, 0.4) is 0 Å². The van der Waals surface area contributed by atoms with E-state index in [1.165, 1.54) is 35.1 Å². The molecule has 0 spiro atoms. The molecule has 2 heterocycles. The zero-order valence-electron chi connectivity index (χ0n) is 21.4. The molecule has 1 saturated heterocycles. The topological polar surface area (TPSA) is 81.2 Å². The average molecular weight is 534 g/mol. The van der Waals surface area contributed by atoms with Crippen molar-refractivity contribution in [3.63, 3.8) is 0 Å². The number of fused-ring (bicyclic) bond motifs is 1. The molecule has 0 saturated carbocycles. The lowest BCUT2D eigenvalue weighted by Crippen LogP contribution is -2.40. The molecule has 3 aromatic rings. The van der Waals surface area contributed by atoms with Crippen LogP contribution < -0.4 is 9.80 Å². The molecule has 0 unspecified atom stereocenters. The largest absolute Gasteiger partial charge is 0.481 e. The van der Waals surface area contributed by atoms with Crippen molar-refractivity contribution in [3.05, 3.63) is 83.4 Å². The number of benzene rings is 3. The molecule has 0 bridgehead atoms. The molecule has 0 aliphatic carbocycles. The van der Waals surface area contributed by atoms with Gasteiger partial charge in [0.2, 0.25) is 5.91 Å². The summed E-state index contributed by atoms with van der Waals surface area (Å²) in [6, 6.07) is 16.4. The maximum atomic E-state index is 14.5. The van der Waals surface area contributed by atoms with Crippen LogP contribution in [-0.2, 0) is 16.1 Å². The molecule has 1 N–H and O–H groups in total. The molecule has 2 aliphatic heterocycles. The number of carboxylic acid groups (broad SMARTS) is 1. The van der Waals surface area contributed by atoms with Gasteiger partial charge in [0.05, 0.1) is 24.2 Å². The van der Waals surface area contributed by atoms with Crippen molar-refractivity contribution < 1.29 is 28.3 Å². The van der Waals surface area contributed by atoms with Gasteiger partial charge in [-0.2, -0.15) is 0 Å². The number of halogens is 2. The molecule has 9 heteroatoms. The van der Waals surface area contributed by atoms with E-state index in [4.69, 9.17) is 5.11 Å². The fourth-order valence-electron chi connectivity index (χ4n) is 5.17. The Hall–Kier alpha value is -4.27. The number of piperidine rings is 1. The molecule has 0 radical (unpaired) electrons. The van der Waals surface area contributed by atoms with Crippen LogP contribution in [0.1, 0.15) is 41.6 Å². The zero-order chi connectivity index (χ0) is 27.5. The maximum Gasteiger partial charge on any atom is 0.305 e. The van der Waals surface area contributed by atoms with Gasteiger partial charge in [0, 0.05) is 37.0 Å². The highest BCUT2D eigenvalue weighted by molar-refractivity contribution is 6.10. The fourth-order valence-corrected chi connectivity index (χ4v) is 5.17. The lowest BCUT2D eigenvalue weighted by Gasteiger charge is -2.29. The van der Waals surface area contributed by atoms with Crippen LogP contribution in [0.15, 0.2) is 60.7 Å². The van der Waals surface area contributed by atoms with Gasteiger partial charge in [-0.15, -0.1) is 0 Å². The van der Waals surface area contributed by atoms with Crippen molar-refractivity contribution >= 4 is 29.2 Å². The van der Waals surface area contributed by atoms with Crippen LogP contribution in [0.5, 0.6) is 0 Å². The quantitative estimate of drug-likeness (QED) is 0.458. The Morgan fingerprint density at radius 2 is 1.59 bits per heavy atom. The number of carboxylic acids is 1. The van der Waals surface area contributed by atoms with E-state index in [0.717, 1.165) is 42.0 Å². The van der Waals surface area contributed by atoms with Gasteiger partial charge in [-0.1, -0.05) is 24.3 Å². The molecule has 202 valence electrons. The highest BCUT2D eigenvalue weighted by Crippen LogP contribution is 2.33. The number of aliphatic carboxylic acids is 1. The van der Waals surface area contributed by atoms with E-state index in [9.17, 15) is 23.2 Å². The van der Waals surface area contributed by atoms with Gasteiger partial charge in [0.25, 0.3) is 5.91 Å². The first kappa shape index (κ1) is 26.3. The standard InChI is InChI=1S/C30H29F2N3O4/c31-23-8-4-22(26(32)17-23)18-35-27-11-7-21(20-5-9-24(10-6-20)33-13-2-1-3-14-33)16-25(27)30(39)34(19-28(35)36)15-12-29(37)38/h4-11,16-17H,1-3,12-15,18-19H2,(H,37,38). The number of hydrogen-bond acceptors (Lipinski definition) is 4. The third-order valence-corrected chi connectivity index (χ3v) is 7.29. The van der Waals surface area contributed by atoms with E-state index in [-0.39, 0.29) is 37.2 Å². The summed E-state index contributed by atoms with van der Waals surface area (Å²) in [5, 5.41) is 9.16. The SMILES string of the molecule is O=C(O)CCN1CC(=O)N(Cc2ccc(F)cc2F)c2ccc(-c3ccc(N4CCCCC4)cc3)cc2C1=O. The molecule has 7 nitrogen and oxygen atoms in total. The van der Waals surface area contributed by atoms with Gasteiger partial charge in [-0.25, -0.2) is 8.78 Å². The molecule has 3 aromatic carbocycles. The van der Waals surface area contributed by atoms with Crippen molar-refractivity contribution in [1.82, 2.24) is 4.90 Å². The highest BCUT2D eigenvalue weighted by atomic mass is 19.1. The van der Waals surface area contributed by atoms with Gasteiger partial charge >= 0.3 is 5.97 Å². The summed E-state index contributed by atoms with van der Waals surface area (Å²) < 4.78 is 28.0. The lowest BCUT2D eigenvalue weighted by atomic mass is 9.99. The predicted molar refractivity (Wildman–Crippen MR) is 144 cm³/mol. The number of carbonyl (C=O) groups excluding carboxylic acids is 2. The zero-order valence-corrected chi connectivity index (χ0v) is 21.4. The Bertz CT molecular complexity index is 1400. The first-order valence-corrected chi connectivity index (χ1v) is 13.0. The van der Waals surface area contributed by atoms with E-state index in [2.05, 4.69) is 17.0 Å². The Labute approximate surface area is 225 Å². The second kappa shape index (κ2) is 11.2. The van der Waals surface area contributed by atoms with E-state index in [1.54, 1.807) is 18.2 Å². The molecule has 2 aliphatic rings. The second-order valence-electron chi connectivity index (χ2n) is 9.91. The van der Waals surface area contributed by atoms with Gasteiger partial charge in [-0.3, -0.25) is 14.4 Å². The Kier molecular flexibility index (Phi) is 7.58. The molecule has 5 rings (SSSR count). The summed E-state index contributed by atoms with van der Waals surface area (Å²) in [6.45, 7) is 1.34. The Balaban J connectivity index is 1.51. The summed E-state index contributed by atoms with van der Waals surface area (Å²) in [4.78, 5) is 42.9. The first-order valence-electron chi connectivity index (χ1n) is 13.0. The van der Waals surface area contributed by atoms with Crippen LogP contribution in [-0.4, -0.2) is 54.0 Å². The van der Waals surface area contributed by atoms with Crippen LogP contribution >= 0.6 is 0 Å². The van der Waals surface area contributed by atoms with Gasteiger partial charge in [-0.05, 0) is 60.7 Å². The average Bonchev–Trinajstić information content (AvgIpc) is 3.03. The minimum absolute atomic E-state index is 0.0968. The number of anilines is 2. The molecule has 0 aromatic heterocycles. The van der Waals surface area contributed by atoms with Crippen LogP contribution in [0.25, 0.3) is 11.1 Å². The molecular weight excluding hydrogens is 504 g/mol. The summed E-state index contributed by atoms with van der Waals surface area (Å²) in [5.74, 6) is -3.59. The number of nitrogens with zero attached hydrogens (tertiary/aromatic N) is 3. The van der Waals surface area contributed by atoms with Gasteiger partial charge in [0.15, 0.2) is 0 Å². The molecule has 1 fully saturated rings. The number of amides is 2. The van der Waals surface area contributed by atoms with Crippen LogP contribution in [0, 0.1) is 11.6 Å². The second-order valence-corrected chi connectivity index (χ2v) is 9.91. The lowest BCUT2D eigenvalue weighted by molar-refractivity contribution is -0.137. The summed E-state index contributed by atoms with van der Waals surface area (Å²) in [6.07, 6.45) is 3.27. The minimum Gasteiger partial charge on any atom is -0.481 e. The van der Waals surface area contributed by atoms with E-state index >= 15 is 0 Å². The summed E-state index contributed by atoms with van der Waals surface area (Å²) in [7, 11) is 0. The molecule has 39 heavy (non-hydrogen) atoms. The molecular formula is C30H29F2N3O4. The highest BCUT2D eigenvalue weighted by Gasteiger charge is 2.32. The van der Waals surface area contributed by atoms with Crippen LogP contribution in [0.2, 0.25) is 0 Å². The first-order chi connectivity index (χ1) is 18.8. The van der Waals surface area contributed by atoms with E-state index < -0.39 is 29.4 Å². The van der Waals surface area contributed by atoms with Crippen molar-refractivity contribution in [1.29, 1.82) is 0 Å². The Morgan fingerprint density at radius 3 is 2.28 bits per heavy atom. The minimum atomic E-state index is -1.09. The number of hydrogen-bond donors (Lipinski definition) is 1. The Morgan fingerprint density at radius 1 is 0.872 bits per heavy atom. The number of rotatable bonds is 7. The summed E-state index contributed by atoms with van der Waals surface area (Å²) >= 11 is 0. The molecule has 2 amide bonds. The van der Waals surface area contributed by atoms with E-state index in [1.807, 2.05) is 12.1 Å². The third kappa shape index (κ3) is 5.77. The van der Waals surface area contributed by atoms with Gasteiger partial charge in [0.1, 0.15) is 18.2 Å². The fraction of sp³-hybridized carbons (Fsp3) is 0.300. The van der Waals surface area contributed by atoms with E-state index in [0.29, 0.717) is 5.69 Å². The third-order valence-electron chi connectivity index (χ3n) is 7.29. The van der Waals surface area contributed by atoms with Crippen molar-refractivity contribution in [2.75, 3.05) is 36.0 Å².